The maximum Gasteiger partial charge on any atom is 0.137 e. The minimum absolute atomic E-state index is 0.254. The van der Waals surface area contributed by atoms with Gasteiger partial charge in [-0.2, -0.15) is 0 Å². The van der Waals surface area contributed by atoms with Gasteiger partial charge in [0.2, 0.25) is 0 Å². The maximum absolute atomic E-state index is 9.54. The van der Waals surface area contributed by atoms with Gasteiger partial charge >= 0.3 is 0 Å². The van der Waals surface area contributed by atoms with Crippen LogP contribution in [0.5, 0.6) is 0 Å². The van der Waals surface area contributed by atoms with Gasteiger partial charge in [0.05, 0.1) is 6.10 Å². The molecule has 3 N–H and O–H groups in total. The minimum Gasteiger partial charge on any atom is -0.391 e. The van der Waals surface area contributed by atoms with Gasteiger partial charge < -0.3 is 15.7 Å². The molecule has 2 heterocycles. The molecule has 1 atom stereocenters. The molecule has 1 fully saturated rings. The van der Waals surface area contributed by atoms with E-state index in [1.54, 1.807) is 0 Å². The van der Waals surface area contributed by atoms with E-state index in [9.17, 15) is 5.11 Å². The van der Waals surface area contributed by atoms with E-state index in [2.05, 4.69) is 28.7 Å². The first-order valence-corrected chi connectivity index (χ1v) is 5.63. The lowest BCUT2D eigenvalue weighted by molar-refractivity contribution is 0.198. The molecule has 1 aliphatic heterocycles. The average Bonchev–Trinajstić information content (AvgIpc) is 2.63. The van der Waals surface area contributed by atoms with E-state index in [1.165, 1.54) is 6.33 Å². The predicted molar refractivity (Wildman–Crippen MR) is 63.4 cm³/mol. The number of hydrogen-bond donors (Lipinski definition) is 2. The largest absolute Gasteiger partial charge is 0.391 e. The molecule has 16 heavy (non-hydrogen) atoms. The summed E-state index contributed by atoms with van der Waals surface area (Å²) in [7, 11) is 0. The second-order valence-corrected chi connectivity index (χ2v) is 4.54. The van der Waals surface area contributed by atoms with Crippen LogP contribution < -0.4 is 10.6 Å². The molecular formula is C11H18N4O. The van der Waals surface area contributed by atoms with Crippen LogP contribution in [-0.4, -0.2) is 34.3 Å². The molecule has 1 aromatic heterocycles. The number of nitrogens with two attached hydrogens (primary N) is 1. The van der Waals surface area contributed by atoms with Crippen LogP contribution >= 0.6 is 0 Å². The molecule has 0 aromatic carbocycles. The molecule has 2 rings (SSSR count). The summed E-state index contributed by atoms with van der Waals surface area (Å²) in [6, 6.07) is 0. The number of aliphatic hydroxyl groups excluding tert-OH is 1. The summed E-state index contributed by atoms with van der Waals surface area (Å²) in [5.41, 5.74) is 6.87. The quantitative estimate of drug-likeness (QED) is 0.772. The number of β-amino-alcohol motifs (C(OH)–C–C–N with tert-alkyl or cyclic N) is 1. The van der Waals surface area contributed by atoms with E-state index in [0.717, 1.165) is 24.3 Å². The topological polar surface area (TPSA) is 75.3 Å². The van der Waals surface area contributed by atoms with Gasteiger partial charge in [-0.15, -0.1) is 0 Å². The summed E-state index contributed by atoms with van der Waals surface area (Å²) in [5, 5.41) is 9.54. The molecule has 0 aliphatic carbocycles. The fourth-order valence-electron chi connectivity index (χ4n) is 2.14. The van der Waals surface area contributed by atoms with E-state index in [-0.39, 0.29) is 12.0 Å². The van der Waals surface area contributed by atoms with Crippen molar-refractivity contribution < 1.29 is 5.11 Å². The highest BCUT2D eigenvalue weighted by molar-refractivity contribution is 5.58. The number of rotatable bonds is 2. The molecule has 0 radical (unpaired) electrons. The van der Waals surface area contributed by atoms with Crippen molar-refractivity contribution >= 4 is 11.6 Å². The fraction of sp³-hybridized carbons (Fsp3) is 0.636. The fourth-order valence-corrected chi connectivity index (χ4v) is 2.14. The number of nitrogens with zero attached hydrogens (tertiary/aromatic N) is 3. The minimum atomic E-state index is -0.254. The van der Waals surface area contributed by atoms with Gasteiger partial charge in [0.1, 0.15) is 18.0 Å². The smallest absolute Gasteiger partial charge is 0.137 e. The van der Waals surface area contributed by atoms with Crippen molar-refractivity contribution in [2.45, 2.75) is 32.3 Å². The van der Waals surface area contributed by atoms with Gasteiger partial charge in [-0.25, -0.2) is 9.97 Å². The molecule has 1 unspecified atom stereocenters. The Balaban J connectivity index is 2.36. The number of aliphatic hydroxyl groups is 1. The number of nitrogen functional groups attached to an aromatic ring is 1. The van der Waals surface area contributed by atoms with E-state index in [1.807, 2.05) is 0 Å². The molecule has 1 saturated heterocycles. The number of aromatic nitrogens is 2. The van der Waals surface area contributed by atoms with Gasteiger partial charge in [-0.05, 0) is 12.3 Å². The lowest BCUT2D eigenvalue weighted by Gasteiger charge is -2.22. The third-order valence-corrected chi connectivity index (χ3v) is 2.93. The van der Waals surface area contributed by atoms with Crippen LogP contribution in [0.3, 0.4) is 0 Å². The predicted octanol–water partition coefficient (Wildman–Crippen LogP) is 0.753. The normalized spacial score (nSPS) is 20.8. The van der Waals surface area contributed by atoms with Gasteiger partial charge in [-0.3, -0.25) is 0 Å². The van der Waals surface area contributed by atoms with Crippen molar-refractivity contribution in [2.75, 3.05) is 23.7 Å². The molecular weight excluding hydrogens is 204 g/mol. The van der Waals surface area contributed by atoms with E-state index in [0.29, 0.717) is 12.4 Å². The highest BCUT2D eigenvalue weighted by atomic mass is 16.3. The van der Waals surface area contributed by atoms with Crippen molar-refractivity contribution in [1.29, 1.82) is 0 Å². The summed E-state index contributed by atoms with van der Waals surface area (Å²) >= 11 is 0. The van der Waals surface area contributed by atoms with Crippen molar-refractivity contribution in [3.8, 4) is 0 Å². The van der Waals surface area contributed by atoms with Crippen molar-refractivity contribution in [2.24, 2.45) is 0 Å². The second-order valence-electron chi connectivity index (χ2n) is 4.54. The monoisotopic (exact) mass is 222 g/mol. The van der Waals surface area contributed by atoms with Crippen molar-refractivity contribution in [1.82, 2.24) is 9.97 Å². The van der Waals surface area contributed by atoms with Crippen LogP contribution in [0, 0.1) is 0 Å². The molecule has 0 saturated carbocycles. The van der Waals surface area contributed by atoms with Crippen LogP contribution in [0.25, 0.3) is 0 Å². The highest BCUT2D eigenvalue weighted by Gasteiger charge is 2.25. The Labute approximate surface area is 95.3 Å². The van der Waals surface area contributed by atoms with Crippen LogP contribution in [0.2, 0.25) is 0 Å². The molecule has 1 aliphatic rings. The van der Waals surface area contributed by atoms with Crippen molar-refractivity contribution in [3.63, 3.8) is 0 Å². The Hall–Kier alpha value is -1.36. The number of hydrogen-bond acceptors (Lipinski definition) is 5. The van der Waals surface area contributed by atoms with Crippen LogP contribution in [0.1, 0.15) is 31.7 Å². The molecule has 5 nitrogen and oxygen atoms in total. The van der Waals surface area contributed by atoms with Gasteiger partial charge in [0.25, 0.3) is 0 Å². The second kappa shape index (κ2) is 4.25. The number of anilines is 2. The van der Waals surface area contributed by atoms with E-state index < -0.39 is 0 Å². The molecule has 0 amide bonds. The Bertz CT molecular complexity index is 380. The zero-order valence-corrected chi connectivity index (χ0v) is 9.72. The average molecular weight is 222 g/mol. The summed E-state index contributed by atoms with van der Waals surface area (Å²) in [5.74, 6) is 1.70. The Morgan fingerprint density at radius 1 is 1.50 bits per heavy atom. The molecule has 88 valence electrons. The summed E-state index contributed by atoms with van der Waals surface area (Å²) < 4.78 is 0. The highest BCUT2D eigenvalue weighted by Crippen LogP contribution is 2.30. The van der Waals surface area contributed by atoms with E-state index >= 15 is 0 Å². The first-order valence-electron chi connectivity index (χ1n) is 5.63. The molecule has 5 heteroatoms. The lowest BCUT2D eigenvalue weighted by atomic mass is 10.0. The third-order valence-electron chi connectivity index (χ3n) is 2.93. The Morgan fingerprint density at radius 2 is 2.25 bits per heavy atom. The summed E-state index contributed by atoms with van der Waals surface area (Å²) in [6.45, 7) is 5.61. The molecule has 1 aromatic rings. The van der Waals surface area contributed by atoms with Gasteiger partial charge in [-0.1, -0.05) is 13.8 Å². The summed E-state index contributed by atoms with van der Waals surface area (Å²) in [4.78, 5) is 10.4. The maximum atomic E-state index is 9.54. The van der Waals surface area contributed by atoms with Crippen LogP contribution in [0.15, 0.2) is 6.33 Å². The van der Waals surface area contributed by atoms with Crippen LogP contribution in [-0.2, 0) is 0 Å². The van der Waals surface area contributed by atoms with Gasteiger partial charge in [0, 0.05) is 18.7 Å². The third kappa shape index (κ3) is 1.95. The zero-order chi connectivity index (χ0) is 11.7. The first-order chi connectivity index (χ1) is 7.59. The van der Waals surface area contributed by atoms with Crippen molar-refractivity contribution in [3.05, 3.63) is 11.9 Å². The summed E-state index contributed by atoms with van der Waals surface area (Å²) in [6.07, 6.45) is 2.03. The Morgan fingerprint density at radius 3 is 2.81 bits per heavy atom. The molecule has 0 spiro atoms. The van der Waals surface area contributed by atoms with E-state index in [4.69, 9.17) is 5.73 Å². The zero-order valence-electron chi connectivity index (χ0n) is 9.72. The lowest BCUT2D eigenvalue weighted by Crippen LogP contribution is -2.24. The Kier molecular flexibility index (Phi) is 2.96. The SMILES string of the molecule is CC(C)c1c(N)ncnc1N1CCC(O)C1. The van der Waals surface area contributed by atoms with Crippen LogP contribution in [0.4, 0.5) is 11.6 Å². The standard InChI is InChI=1S/C11H18N4O/c1-7(2)9-10(12)13-6-14-11(9)15-4-3-8(16)5-15/h6-8,16H,3-5H2,1-2H3,(H2,12,13,14). The van der Waals surface area contributed by atoms with Gasteiger partial charge in [0.15, 0.2) is 0 Å². The first kappa shape index (κ1) is 11.1. The molecule has 0 bridgehead atoms.